The zero-order chi connectivity index (χ0) is 30.2. The number of carbonyl (C=O) groups excluding carboxylic acids is 4. The van der Waals surface area contributed by atoms with Gasteiger partial charge in [-0.15, -0.1) is 24.0 Å². The Labute approximate surface area is 272 Å². The molecule has 2 N–H and O–H groups in total. The molecule has 228 valence electrons. The van der Waals surface area contributed by atoms with Crippen LogP contribution in [0.1, 0.15) is 63.0 Å². The number of ketones is 1. The number of hydrogen-bond donors (Lipinski definition) is 2. The number of hydrogen-bond acceptors (Lipinski definition) is 9. The molecule has 1 aliphatic rings. The first-order chi connectivity index (χ1) is 19.7. The van der Waals surface area contributed by atoms with Gasteiger partial charge in [-0.2, -0.15) is 4.99 Å². The second-order valence-corrected chi connectivity index (χ2v) is 11.3. The Balaban J connectivity index is 0.00000165. The van der Waals surface area contributed by atoms with Crippen molar-refractivity contribution in [2.24, 2.45) is 4.99 Å². The lowest BCUT2D eigenvalue weighted by molar-refractivity contribution is -0.145. The van der Waals surface area contributed by atoms with Crippen molar-refractivity contribution in [1.82, 2.24) is 15.2 Å². The highest BCUT2D eigenvalue weighted by molar-refractivity contribution is 14.0. The first-order valence-corrected chi connectivity index (χ1v) is 15.0. The number of unbranched alkanes of at least 4 members (excludes halogenated alkanes) is 1. The van der Waals surface area contributed by atoms with Crippen molar-refractivity contribution in [3.8, 4) is 0 Å². The molecule has 1 saturated heterocycles. The molecule has 13 heteroatoms. The average molecular weight is 728 g/mol. The Morgan fingerprint density at radius 1 is 1.17 bits per heavy atom. The fraction of sp³-hybridized carbons (Fsp3) is 0.414. The number of benzene rings is 1. The van der Waals surface area contributed by atoms with E-state index in [0.717, 1.165) is 17.7 Å². The van der Waals surface area contributed by atoms with Gasteiger partial charge in [-0.3, -0.25) is 19.4 Å². The number of halogens is 1. The van der Waals surface area contributed by atoms with Crippen LogP contribution in [0.5, 0.6) is 0 Å². The molecule has 0 saturated carbocycles. The number of Topliss-reactive ketones (excluding diaryl/α,β-unsaturated/α-hetero) is 1. The summed E-state index contributed by atoms with van der Waals surface area (Å²) in [4.78, 5) is 58.6. The molecule has 2 unspecified atom stereocenters. The van der Waals surface area contributed by atoms with Crippen LogP contribution in [0, 0.1) is 5.41 Å². The number of nitrogens with one attached hydrogen (secondary N) is 2. The maximum Gasteiger partial charge on any atom is 0.307 e. The van der Waals surface area contributed by atoms with E-state index in [0.29, 0.717) is 23.0 Å². The molecule has 2 atom stereocenters. The van der Waals surface area contributed by atoms with Gasteiger partial charge in [-0.05, 0) is 63.6 Å². The zero-order valence-corrected chi connectivity index (χ0v) is 28.2. The summed E-state index contributed by atoms with van der Waals surface area (Å²) in [5.41, 5.74) is 2.34. The number of nitrogens with zero attached hydrogens (tertiary/aromatic N) is 3. The lowest BCUT2D eigenvalue weighted by atomic mass is 10.1. The van der Waals surface area contributed by atoms with Gasteiger partial charge in [-0.25, -0.2) is 0 Å². The standard InChI is InChI=1S/C26H31N5O4S2.C3H6O.HI/c1-3-4-15-31-18(2)23(25(34)29-14-12-22(32)35-16-20-7-5-6-13-28-20)37-26(31)30-24(33)19-8-10-21(11-9-19)36-17-27;1-3(2)4;/h5-11,13,17-18,23,27H,3-4,12,14-16H2,1-2H3,(H,29,34);1-2H3;1H. The van der Waals surface area contributed by atoms with Crippen LogP contribution in [-0.4, -0.2) is 68.5 Å². The lowest BCUT2D eigenvalue weighted by Crippen LogP contribution is -2.43. The second kappa shape index (κ2) is 20.2. The van der Waals surface area contributed by atoms with E-state index in [2.05, 4.69) is 22.2 Å². The summed E-state index contributed by atoms with van der Waals surface area (Å²) in [6.45, 7) is 8.03. The van der Waals surface area contributed by atoms with E-state index in [9.17, 15) is 19.2 Å². The number of aromatic nitrogens is 1. The van der Waals surface area contributed by atoms with Crippen LogP contribution in [-0.2, 0) is 25.7 Å². The van der Waals surface area contributed by atoms with E-state index < -0.39 is 11.2 Å². The van der Waals surface area contributed by atoms with E-state index in [-0.39, 0.29) is 67.2 Å². The molecule has 10 nitrogen and oxygen atoms in total. The summed E-state index contributed by atoms with van der Waals surface area (Å²) in [5, 5.41) is 10.1. The predicted octanol–water partition coefficient (Wildman–Crippen LogP) is 5.35. The van der Waals surface area contributed by atoms with Crippen molar-refractivity contribution in [3.05, 3.63) is 59.9 Å². The van der Waals surface area contributed by atoms with Gasteiger partial charge in [0, 0.05) is 35.8 Å². The minimum Gasteiger partial charge on any atom is -0.459 e. The third-order valence-corrected chi connectivity index (χ3v) is 7.71. The Hall–Kier alpha value is -2.78. The number of amides is 2. The minimum atomic E-state index is -0.459. The van der Waals surface area contributed by atoms with Crippen LogP contribution in [0.4, 0.5) is 0 Å². The number of carbonyl (C=O) groups is 4. The van der Waals surface area contributed by atoms with Crippen LogP contribution in [0.3, 0.4) is 0 Å². The molecule has 2 aromatic rings. The first-order valence-electron chi connectivity index (χ1n) is 13.3. The molecule has 1 aromatic carbocycles. The Kier molecular flexibility index (Phi) is 17.9. The second-order valence-electron chi connectivity index (χ2n) is 9.22. The van der Waals surface area contributed by atoms with Gasteiger partial charge < -0.3 is 25.2 Å². The molecule has 1 aliphatic heterocycles. The number of amidine groups is 1. The van der Waals surface area contributed by atoms with E-state index in [4.69, 9.17) is 10.1 Å². The van der Waals surface area contributed by atoms with Crippen molar-refractivity contribution in [3.63, 3.8) is 0 Å². The molecule has 0 aliphatic carbocycles. The van der Waals surface area contributed by atoms with Gasteiger partial charge in [0.25, 0.3) is 5.91 Å². The van der Waals surface area contributed by atoms with Gasteiger partial charge in [0.05, 0.1) is 17.7 Å². The molecule has 3 rings (SSSR count). The van der Waals surface area contributed by atoms with E-state index in [1.807, 2.05) is 17.9 Å². The van der Waals surface area contributed by atoms with Crippen LogP contribution in [0.25, 0.3) is 0 Å². The third-order valence-electron chi connectivity index (χ3n) is 5.65. The smallest absolute Gasteiger partial charge is 0.307 e. The quantitative estimate of drug-likeness (QED) is 0.0974. The topological polar surface area (TPSA) is 142 Å². The molecule has 2 heterocycles. The number of thioether (sulfide) groups is 2. The molecule has 0 spiro atoms. The Morgan fingerprint density at radius 2 is 1.86 bits per heavy atom. The summed E-state index contributed by atoms with van der Waals surface area (Å²) in [6, 6.07) is 12.2. The van der Waals surface area contributed by atoms with Crippen LogP contribution < -0.4 is 5.32 Å². The van der Waals surface area contributed by atoms with Gasteiger partial charge in [0.2, 0.25) is 5.91 Å². The SMILES string of the molecule is CC(C)=O.CCCCN1C(=NC(=O)c2ccc(SC=N)cc2)SC(C(=O)NCCC(=O)OCc2ccccn2)C1C.I. The molecular weight excluding hydrogens is 689 g/mol. The summed E-state index contributed by atoms with van der Waals surface area (Å²) in [6.07, 6.45) is 3.56. The number of pyridine rings is 1. The normalized spacial score (nSPS) is 16.5. The van der Waals surface area contributed by atoms with Gasteiger partial charge in [0.1, 0.15) is 17.6 Å². The molecule has 0 bridgehead atoms. The summed E-state index contributed by atoms with van der Waals surface area (Å²) < 4.78 is 5.21. The fourth-order valence-electron chi connectivity index (χ4n) is 3.60. The molecule has 2 amide bonds. The van der Waals surface area contributed by atoms with Gasteiger partial charge in [0.15, 0.2) is 5.17 Å². The van der Waals surface area contributed by atoms with Crippen molar-refractivity contribution in [2.75, 3.05) is 13.1 Å². The van der Waals surface area contributed by atoms with Crippen molar-refractivity contribution < 1.29 is 23.9 Å². The highest BCUT2D eigenvalue weighted by Crippen LogP contribution is 2.32. The number of rotatable bonds is 12. The van der Waals surface area contributed by atoms with E-state index in [1.54, 1.807) is 42.6 Å². The van der Waals surface area contributed by atoms with Crippen LogP contribution in [0.2, 0.25) is 0 Å². The highest BCUT2D eigenvalue weighted by atomic mass is 127. The zero-order valence-electron chi connectivity index (χ0n) is 24.2. The van der Waals surface area contributed by atoms with Crippen LogP contribution in [0.15, 0.2) is 58.5 Å². The number of ether oxygens (including phenoxy) is 1. The average Bonchev–Trinajstić information content (AvgIpc) is 3.25. The first kappa shape index (κ1) is 37.2. The predicted molar refractivity (Wildman–Crippen MR) is 179 cm³/mol. The van der Waals surface area contributed by atoms with E-state index in [1.165, 1.54) is 42.9 Å². The third kappa shape index (κ3) is 13.0. The molecule has 0 radical (unpaired) electrons. The van der Waals surface area contributed by atoms with Gasteiger partial charge >= 0.3 is 5.97 Å². The lowest BCUT2D eigenvalue weighted by Gasteiger charge is -2.24. The summed E-state index contributed by atoms with van der Waals surface area (Å²) in [5.74, 6) is -0.831. The summed E-state index contributed by atoms with van der Waals surface area (Å²) in [7, 11) is 0. The van der Waals surface area contributed by atoms with Crippen molar-refractivity contribution >= 4 is 81.8 Å². The Bertz CT molecular complexity index is 1210. The van der Waals surface area contributed by atoms with Crippen molar-refractivity contribution in [2.45, 2.75) is 69.8 Å². The van der Waals surface area contributed by atoms with E-state index >= 15 is 0 Å². The molecule has 42 heavy (non-hydrogen) atoms. The van der Waals surface area contributed by atoms with Gasteiger partial charge in [-0.1, -0.05) is 42.9 Å². The van der Waals surface area contributed by atoms with Crippen molar-refractivity contribution in [1.29, 1.82) is 5.41 Å². The Morgan fingerprint density at radius 3 is 2.45 bits per heavy atom. The fourth-order valence-corrected chi connectivity index (χ4v) is 5.32. The molecule has 1 aromatic heterocycles. The molecule has 1 fully saturated rings. The minimum absolute atomic E-state index is 0. The maximum atomic E-state index is 13.0. The maximum absolute atomic E-state index is 13.0. The monoisotopic (exact) mass is 727 g/mol. The summed E-state index contributed by atoms with van der Waals surface area (Å²) >= 11 is 2.53. The number of esters is 1. The van der Waals surface area contributed by atoms with Crippen LogP contribution >= 0.6 is 47.5 Å². The highest BCUT2D eigenvalue weighted by Gasteiger charge is 2.40. The number of aliphatic imine (C=N–C) groups is 1. The largest absolute Gasteiger partial charge is 0.459 e. The molecular formula is C29H38IN5O5S2.